The highest BCUT2D eigenvalue weighted by Crippen LogP contribution is 2.19. The van der Waals surface area contributed by atoms with Crippen LogP contribution in [0.4, 0.5) is 0 Å². The molecule has 88 valence electrons. The second-order valence-electron chi connectivity index (χ2n) is 3.70. The van der Waals surface area contributed by atoms with Crippen molar-refractivity contribution in [1.82, 2.24) is 10.1 Å². The highest BCUT2D eigenvalue weighted by atomic mass is 32.2. The van der Waals surface area contributed by atoms with E-state index in [1.165, 1.54) is 0 Å². The molecule has 0 aliphatic heterocycles. The van der Waals surface area contributed by atoms with Gasteiger partial charge in [0.25, 0.3) is 0 Å². The van der Waals surface area contributed by atoms with Crippen molar-refractivity contribution in [3.63, 3.8) is 0 Å². The zero-order chi connectivity index (χ0) is 11.8. The molecular weight excluding hydrogens is 222 g/mol. The van der Waals surface area contributed by atoms with E-state index in [9.17, 15) is 0 Å². The summed E-state index contributed by atoms with van der Waals surface area (Å²) in [6, 6.07) is 2.12. The van der Waals surface area contributed by atoms with Crippen LogP contribution < -0.4 is 0 Å². The van der Waals surface area contributed by atoms with Gasteiger partial charge in [-0.1, -0.05) is 19.0 Å². The highest BCUT2D eigenvalue weighted by Gasteiger charge is 2.13. The monoisotopic (exact) mass is 239 g/mol. The molecule has 1 aromatic rings. The van der Waals surface area contributed by atoms with E-state index in [1.54, 1.807) is 0 Å². The fraction of sp³-hybridized carbons (Fsp3) is 0.727. The van der Waals surface area contributed by atoms with Crippen LogP contribution in [0.3, 0.4) is 0 Å². The quantitative estimate of drug-likeness (QED) is 0.684. The number of nitrogens with zero attached hydrogens (tertiary/aromatic N) is 3. The standard InChI is InChI=1S/C11H17N3OS/c1-3-7-16-8-10-13-11(15-14-10)9(2)5-4-6-12/h9H,3-5,7-8H2,1-2H3. The Bertz CT molecular complexity index is 345. The molecule has 0 aromatic carbocycles. The number of thioether (sulfide) groups is 1. The van der Waals surface area contributed by atoms with E-state index in [0.717, 1.165) is 30.2 Å². The minimum atomic E-state index is 0.178. The van der Waals surface area contributed by atoms with Crippen molar-refractivity contribution in [2.24, 2.45) is 0 Å². The third kappa shape index (κ3) is 4.23. The normalized spacial score (nSPS) is 12.3. The minimum Gasteiger partial charge on any atom is -0.339 e. The van der Waals surface area contributed by atoms with Gasteiger partial charge in [0.1, 0.15) is 0 Å². The molecule has 1 heterocycles. The lowest BCUT2D eigenvalue weighted by Crippen LogP contribution is -1.94. The summed E-state index contributed by atoms with van der Waals surface area (Å²) in [6.45, 7) is 4.16. The Morgan fingerprint density at radius 3 is 3.06 bits per heavy atom. The second kappa shape index (κ2) is 7.29. The minimum absolute atomic E-state index is 0.178. The van der Waals surface area contributed by atoms with E-state index in [2.05, 4.69) is 23.1 Å². The first kappa shape index (κ1) is 13.0. The summed E-state index contributed by atoms with van der Waals surface area (Å²) < 4.78 is 5.17. The van der Waals surface area contributed by atoms with E-state index >= 15 is 0 Å². The van der Waals surface area contributed by atoms with Crippen LogP contribution in [-0.4, -0.2) is 15.9 Å². The lowest BCUT2D eigenvalue weighted by atomic mass is 10.1. The Morgan fingerprint density at radius 2 is 2.38 bits per heavy atom. The van der Waals surface area contributed by atoms with E-state index in [1.807, 2.05) is 18.7 Å². The fourth-order valence-electron chi connectivity index (χ4n) is 1.24. The van der Waals surface area contributed by atoms with Gasteiger partial charge in [0.2, 0.25) is 5.89 Å². The molecule has 1 atom stereocenters. The molecule has 1 unspecified atom stereocenters. The average molecular weight is 239 g/mol. The van der Waals surface area contributed by atoms with Crippen molar-refractivity contribution in [1.29, 1.82) is 5.26 Å². The van der Waals surface area contributed by atoms with Gasteiger partial charge in [0.05, 0.1) is 11.8 Å². The van der Waals surface area contributed by atoms with Crippen LogP contribution in [0.25, 0.3) is 0 Å². The summed E-state index contributed by atoms with van der Waals surface area (Å²) in [5.41, 5.74) is 0. The van der Waals surface area contributed by atoms with Crippen molar-refractivity contribution in [2.75, 3.05) is 5.75 Å². The number of aromatic nitrogens is 2. The number of hydrogen-bond donors (Lipinski definition) is 0. The van der Waals surface area contributed by atoms with E-state index in [4.69, 9.17) is 9.78 Å². The van der Waals surface area contributed by atoms with Crippen LogP contribution in [0.2, 0.25) is 0 Å². The van der Waals surface area contributed by atoms with Crippen LogP contribution in [-0.2, 0) is 5.75 Å². The van der Waals surface area contributed by atoms with Crippen molar-refractivity contribution in [2.45, 2.75) is 44.8 Å². The summed E-state index contributed by atoms with van der Waals surface area (Å²) in [4.78, 5) is 4.33. The van der Waals surface area contributed by atoms with Crippen LogP contribution in [0, 0.1) is 11.3 Å². The first-order valence-electron chi connectivity index (χ1n) is 5.55. The molecule has 4 nitrogen and oxygen atoms in total. The first-order chi connectivity index (χ1) is 7.77. The predicted octanol–water partition coefficient (Wildman–Crippen LogP) is 3.12. The Hall–Kier alpha value is -1.02. The molecule has 16 heavy (non-hydrogen) atoms. The van der Waals surface area contributed by atoms with E-state index in [-0.39, 0.29) is 5.92 Å². The molecular formula is C11H17N3OS. The number of nitriles is 1. The molecule has 5 heteroatoms. The van der Waals surface area contributed by atoms with Crippen LogP contribution in [0.15, 0.2) is 4.52 Å². The molecule has 0 aliphatic rings. The molecule has 0 amide bonds. The molecule has 0 saturated carbocycles. The summed E-state index contributed by atoms with van der Waals surface area (Å²) in [6.07, 6.45) is 2.47. The summed E-state index contributed by atoms with van der Waals surface area (Å²) in [7, 11) is 0. The highest BCUT2D eigenvalue weighted by molar-refractivity contribution is 7.98. The third-order valence-electron chi connectivity index (χ3n) is 2.17. The van der Waals surface area contributed by atoms with Crippen molar-refractivity contribution in [3.05, 3.63) is 11.7 Å². The van der Waals surface area contributed by atoms with Crippen LogP contribution in [0.1, 0.15) is 50.7 Å². The Balaban J connectivity index is 2.41. The average Bonchev–Trinajstić information content (AvgIpc) is 2.75. The number of rotatable bonds is 7. The Morgan fingerprint density at radius 1 is 1.56 bits per heavy atom. The summed E-state index contributed by atoms with van der Waals surface area (Å²) in [5.74, 6) is 3.52. The van der Waals surface area contributed by atoms with Gasteiger partial charge in [-0.2, -0.15) is 22.0 Å². The predicted molar refractivity (Wildman–Crippen MR) is 64.0 cm³/mol. The lowest BCUT2D eigenvalue weighted by molar-refractivity contribution is 0.351. The maximum absolute atomic E-state index is 8.49. The lowest BCUT2D eigenvalue weighted by Gasteiger charge is -2.00. The Kier molecular flexibility index (Phi) is 5.94. The van der Waals surface area contributed by atoms with Gasteiger partial charge >= 0.3 is 0 Å². The topological polar surface area (TPSA) is 62.7 Å². The van der Waals surface area contributed by atoms with Crippen LogP contribution >= 0.6 is 11.8 Å². The zero-order valence-corrected chi connectivity index (χ0v) is 10.6. The molecule has 0 fully saturated rings. The first-order valence-corrected chi connectivity index (χ1v) is 6.70. The summed E-state index contributed by atoms with van der Waals surface area (Å²) in [5, 5.41) is 12.4. The maximum atomic E-state index is 8.49. The van der Waals surface area contributed by atoms with Gasteiger partial charge in [-0.05, 0) is 18.6 Å². The van der Waals surface area contributed by atoms with E-state index < -0.39 is 0 Å². The van der Waals surface area contributed by atoms with E-state index in [0.29, 0.717) is 12.3 Å². The smallest absolute Gasteiger partial charge is 0.229 e. The van der Waals surface area contributed by atoms with Crippen molar-refractivity contribution < 1.29 is 4.52 Å². The molecule has 0 N–H and O–H groups in total. The molecule has 0 saturated heterocycles. The van der Waals surface area contributed by atoms with Gasteiger partial charge in [-0.15, -0.1) is 0 Å². The zero-order valence-electron chi connectivity index (χ0n) is 9.77. The fourth-order valence-corrected chi connectivity index (χ4v) is 1.97. The molecule has 0 bridgehead atoms. The second-order valence-corrected chi connectivity index (χ2v) is 4.80. The third-order valence-corrected chi connectivity index (χ3v) is 3.33. The van der Waals surface area contributed by atoms with Crippen molar-refractivity contribution >= 4 is 11.8 Å². The molecule has 0 radical (unpaired) electrons. The van der Waals surface area contributed by atoms with Crippen molar-refractivity contribution in [3.8, 4) is 6.07 Å². The molecule has 0 aliphatic carbocycles. The van der Waals surface area contributed by atoms with Gasteiger partial charge in [-0.3, -0.25) is 0 Å². The Labute approximate surface area is 100 Å². The molecule has 1 rings (SSSR count). The molecule has 1 aromatic heterocycles. The van der Waals surface area contributed by atoms with Gasteiger partial charge < -0.3 is 4.52 Å². The maximum Gasteiger partial charge on any atom is 0.229 e. The largest absolute Gasteiger partial charge is 0.339 e. The van der Waals surface area contributed by atoms with Gasteiger partial charge in [0.15, 0.2) is 5.82 Å². The van der Waals surface area contributed by atoms with Gasteiger partial charge in [0, 0.05) is 12.3 Å². The van der Waals surface area contributed by atoms with Crippen LogP contribution in [0.5, 0.6) is 0 Å². The SMILES string of the molecule is CCCSCc1noc(C(C)CCC#N)n1. The summed E-state index contributed by atoms with van der Waals surface area (Å²) >= 11 is 1.81. The molecule has 0 spiro atoms. The number of hydrogen-bond acceptors (Lipinski definition) is 5. The van der Waals surface area contributed by atoms with Gasteiger partial charge in [-0.25, -0.2) is 0 Å².